The summed E-state index contributed by atoms with van der Waals surface area (Å²) in [4.78, 5) is 26.8. The lowest BCUT2D eigenvalue weighted by atomic mass is 9.81. The van der Waals surface area contributed by atoms with E-state index in [-0.39, 0.29) is 51.5 Å². The monoisotopic (exact) mass is 476 g/mol. The number of aryl methyl sites for hydroxylation is 1. The van der Waals surface area contributed by atoms with E-state index in [1.165, 1.54) is 24.1 Å². The smallest absolute Gasteiger partial charge is 0.265 e. The van der Waals surface area contributed by atoms with Crippen LogP contribution in [0.2, 0.25) is 5.02 Å². The van der Waals surface area contributed by atoms with Crippen LogP contribution >= 0.6 is 11.6 Å². The summed E-state index contributed by atoms with van der Waals surface area (Å²) in [6.07, 6.45) is 3.36. The number of nitrogens with zero attached hydrogens (tertiary/aromatic N) is 1. The molecule has 1 saturated carbocycles. The zero-order valence-corrected chi connectivity index (χ0v) is 19.5. The van der Waals surface area contributed by atoms with Crippen molar-refractivity contribution in [3.8, 4) is 5.75 Å². The number of methoxy groups -OCH3 is 1. The SMILES string of the molecule is COc1ccc(CN2C(=O)[C@@H]3CCCC[C@H]3C2=O)cc1S(=O)(=O)Nc1ccc(C)cc1Cl. The fraction of sp³-hybridized carbons (Fsp3) is 0.391. The molecular formula is C23H25ClN2O5S. The standard InChI is InChI=1S/C23H25ClN2O5S/c1-14-7-9-19(18(24)11-14)25-32(29,30)21-12-15(8-10-20(21)31-2)13-26-22(27)16-5-3-4-6-17(16)23(26)28/h7-12,16-17,25H,3-6,13H2,1-2H3/t16-,17-/m1/s1. The molecule has 0 spiro atoms. The third-order valence-electron chi connectivity index (χ3n) is 6.16. The second-order valence-corrected chi connectivity index (χ2v) is 10.4. The van der Waals surface area contributed by atoms with Gasteiger partial charge in [-0.3, -0.25) is 19.2 Å². The number of sulfonamides is 1. The second kappa shape index (κ2) is 8.75. The number of imide groups is 1. The van der Waals surface area contributed by atoms with E-state index in [0.717, 1.165) is 31.2 Å². The molecule has 1 aliphatic heterocycles. The van der Waals surface area contributed by atoms with Gasteiger partial charge < -0.3 is 4.74 Å². The lowest BCUT2D eigenvalue weighted by Gasteiger charge is -2.19. The van der Waals surface area contributed by atoms with Gasteiger partial charge in [0.2, 0.25) is 11.8 Å². The summed E-state index contributed by atoms with van der Waals surface area (Å²) in [6, 6.07) is 9.64. The molecular weight excluding hydrogens is 452 g/mol. The Morgan fingerprint density at radius 1 is 1.06 bits per heavy atom. The van der Waals surface area contributed by atoms with Crippen molar-refractivity contribution in [2.75, 3.05) is 11.8 Å². The molecule has 7 nitrogen and oxygen atoms in total. The van der Waals surface area contributed by atoms with Crippen molar-refractivity contribution >= 4 is 39.1 Å². The first-order chi connectivity index (χ1) is 15.2. The third-order valence-corrected chi connectivity index (χ3v) is 7.86. The molecule has 2 aliphatic rings. The van der Waals surface area contributed by atoms with Crippen LogP contribution in [-0.4, -0.2) is 32.2 Å². The number of halogens is 1. The minimum absolute atomic E-state index is 0.0302. The van der Waals surface area contributed by atoms with Crippen LogP contribution in [0.3, 0.4) is 0 Å². The molecule has 2 atom stereocenters. The molecule has 1 saturated heterocycles. The van der Waals surface area contributed by atoms with Gasteiger partial charge in [-0.25, -0.2) is 8.42 Å². The van der Waals surface area contributed by atoms with Crippen LogP contribution < -0.4 is 9.46 Å². The Balaban J connectivity index is 1.63. The van der Waals surface area contributed by atoms with Crippen LogP contribution in [0.1, 0.15) is 36.8 Å². The minimum Gasteiger partial charge on any atom is -0.495 e. The average Bonchev–Trinajstić information content (AvgIpc) is 3.01. The fourth-order valence-corrected chi connectivity index (χ4v) is 6.14. The van der Waals surface area contributed by atoms with Crippen molar-refractivity contribution in [1.29, 1.82) is 0 Å². The predicted molar refractivity (Wildman–Crippen MR) is 121 cm³/mol. The second-order valence-electron chi connectivity index (χ2n) is 8.33. The van der Waals surface area contributed by atoms with Gasteiger partial charge in [0.1, 0.15) is 10.6 Å². The first-order valence-electron chi connectivity index (χ1n) is 10.5. The Bertz CT molecular complexity index is 1160. The van der Waals surface area contributed by atoms with E-state index in [4.69, 9.17) is 16.3 Å². The molecule has 0 radical (unpaired) electrons. The lowest BCUT2D eigenvalue weighted by Crippen LogP contribution is -2.30. The molecule has 0 aromatic heterocycles. The molecule has 1 N–H and O–H groups in total. The summed E-state index contributed by atoms with van der Waals surface area (Å²) < 4.78 is 34.0. The van der Waals surface area contributed by atoms with Crippen molar-refractivity contribution < 1.29 is 22.7 Å². The van der Waals surface area contributed by atoms with Crippen molar-refractivity contribution in [2.45, 2.75) is 44.0 Å². The number of carbonyl (C=O) groups is 2. The maximum atomic E-state index is 13.1. The van der Waals surface area contributed by atoms with E-state index >= 15 is 0 Å². The van der Waals surface area contributed by atoms with Crippen molar-refractivity contribution in [3.63, 3.8) is 0 Å². The maximum Gasteiger partial charge on any atom is 0.265 e. The van der Waals surface area contributed by atoms with Gasteiger partial charge in [-0.2, -0.15) is 0 Å². The number of amides is 2. The molecule has 1 heterocycles. The quantitative estimate of drug-likeness (QED) is 0.632. The van der Waals surface area contributed by atoms with Gasteiger partial charge in [-0.1, -0.05) is 36.6 Å². The van der Waals surface area contributed by atoms with E-state index in [0.29, 0.717) is 5.56 Å². The first-order valence-corrected chi connectivity index (χ1v) is 12.4. The van der Waals surface area contributed by atoms with Gasteiger partial charge in [0.05, 0.1) is 36.2 Å². The zero-order chi connectivity index (χ0) is 23.0. The van der Waals surface area contributed by atoms with Crippen molar-refractivity contribution in [2.24, 2.45) is 11.8 Å². The van der Waals surface area contributed by atoms with E-state index in [1.54, 1.807) is 24.3 Å². The summed E-state index contributed by atoms with van der Waals surface area (Å²) in [5, 5.41) is 0.277. The fourth-order valence-electron chi connectivity index (χ4n) is 4.50. The van der Waals surface area contributed by atoms with Crippen molar-refractivity contribution in [3.05, 3.63) is 52.5 Å². The summed E-state index contributed by atoms with van der Waals surface area (Å²) in [5.41, 5.74) is 1.68. The van der Waals surface area contributed by atoms with Crippen LogP contribution in [-0.2, 0) is 26.2 Å². The molecule has 0 bridgehead atoms. The van der Waals surface area contributed by atoms with Gasteiger partial charge >= 0.3 is 0 Å². The molecule has 2 aromatic carbocycles. The van der Waals surface area contributed by atoms with Crippen LogP contribution in [0.15, 0.2) is 41.3 Å². The van der Waals surface area contributed by atoms with E-state index in [9.17, 15) is 18.0 Å². The van der Waals surface area contributed by atoms with Gasteiger partial charge in [0.15, 0.2) is 0 Å². The van der Waals surface area contributed by atoms with Crippen LogP contribution in [0.4, 0.5) is 5.69 Å². The molecule has 170 valence electrons. The molecule has 9 heteroatoms. The number of nitrogens with one attached hydrogen (secondary N) is 1. The Morgan fingerprint density at radius 2 is 1.72 bits per heavy atom. The van der Waals surface area contributed by atoms with Crippen LogP contribution in [0.25, 0.3) is 0 Å². The van der Waals surface area contributed by atoms with Crippen molar-refractivity contribution in [1.82, 2.24) is 4.90 Å². The summed E-state index contributed by atoms with van der Waals surface area (Å²) in [7, 11) is -2.66. The number of hydrogen-bond donors (Lipinski definition) is 1. The molecule has 4 rings (SSSR count). The van der Waals surface area contributed by atoms with Gasteiger partial charge in [-0.15, -0.1) is 0 Å². The topological polar surface area (TPSA) is 92.8 Å². The average molecular weight is 477 g/mol. The van der Waals surface area contributed by atoms with Gasteiger partial charge in [0, 0.05) is 0 Å². The normalized spacial score (nSPS) is 20.9. The number of ether oxygens (including phenoxy) is 1. The van der Waals surface area contributed by atoms with Crippen LogP contribution in [0.5, 0.6) is 5.75 Å². The summed E-state index contributed by atoms with van der Waals surface area (Å²) >= 11 is 6.19. The molecule has 0 unspecified atom stereocenters. The molecule has 1 aliphatic carbocycles. The molecule has 2 amide bonds. The van der Waals surface area contributed by atoms with E-state index in [1.807, 2.05) is 6.92 Å². The number of likely N-dealkylation sites (tertiary alicyclic amines) is 1. The number of benzene rings is 2. The van der Waals surface area contributed by atoms with Gasteiger partial charge in [-0.05, 0) is 55.2 Å². The highest BCUT2D eigenvalue weighted by molar-refractivity contribution is 7.92. The largest absolute Gasteiger partial charge is 0.495 e. The van der Waals surface area contributed by atoms with Gasteiger partial charge in [0.25, 0.3) is 10.0 Å². The number of rotatable bonds is 6. The maximum absolute atomic E-state index is 13.1. The number of anilines is 1. The van der Waals surface area contributed by atoms with E-state index < -0.39 is 10.0 Å². The predicted octanol–water partition coefficient (Wildman–Crippen LogP) is 4.13. The highest BCUT2D eigenvalue weighted by atomic mass is 35.5. The molecule has 2 fully saturated rings. The Morgan fingerprint density at radius 3 is 2.31 bits per heavy atom. The zero-order valence-electron chi connectivity index (χ0n) is 17.9. The Labute approximate surface area is 192 Å². The summed E-state index contributed by atoms with van der Waals surface area (Å²) in [5.74, 6) is -0.669. The molecule has 32 heavy (non-hydrogen) atoms. The first kappa shape index (κ1) is 22.6. The number of fused-ring (bicyclic) bond motifs is 1. The highest BCUT2D eigenvalue weighted by Gasteiger charge is 2.47. The highest BCUT2D eigenvalue weighted by Crippen LogP contribution is 2.39. The minimum atomic E-state index is -4.04. The van der Waals surface area contributed by atoms with E-state index in [2.05, 4.69) is 4.72 Å². The Kier molecular flexibility index (Phi) is 6.18. The lowest BCUT2D eigenvalue weighted by molar-refractivity contribution is -0.140. The Hall–Kier alpha value is -2.58. The number of carbonyl (C=O) groups excluding carboxylic acids is 2. The molecule has 2 aromatic rings. The summed E-state index contributed by atoms with van der Waals surface area (Å²) in [6.45, 7) is 1.89. The van der Waals surface area contributed by atoms with Crippen LogP contribution in [0, 0.1) is 18.8 Å². The number of hydrogen-bond acceptors (Lipinski definition) is 5. The third kappa shape index (κ3) is 4.21.